The van der Waals surface area contributed by atoms with Crippen molar-refractivity contribution < 1.29 is 14.0 Å². The molecular formula is C15H12O3. The molecule has 1 aliphatic carbocycles. The number of aryl methyl sites for hydroxylation is 1. The first-order chi connectivity index (χ1) is 8.75. The van der Waals surface area contributed by atoms with Crippen LogP contribution in [-0.4, -0.2) is 11.6 Å². The van der Waals surface area contributed by atoms with Crippen LogP contribution in [0.4, 0.5) is 0 Å². The number of carbonyl (C=O) groups excluding carboxylic acids is 2. The maximum absolute atomic E-state index is 12.1. The molecule has 0 N–H and O–H groups in total. The first-order valence-electron chi connectivity index (χ1n) is 6.00. The lowest BCUT2D eigenvalue weighted by Gasteiger charge is -2.14. The van der Waals surface area contributed by atoms with Crippen LogP contribution in [0.1, 0.15) is 44.9 Å². The van der Waals surface area contributed by atoms with Crippen LogP contribution in [0.15, 0.2) is 41.0 Å². The van der Waals surface area contributed by atoms with Crippen molar-refractivity contribution in [3.63, 3.8) is 0 Å². The van der Waals surface area contributed by atoms with E-state index in [9.17, 15) is 9.59 Å². The molecule has 3 heteroatoms. The van der Waals surface area contributed by atoms with Gasteiger partial charge in [-0.1, -0.05) is 12.1 Å². The summed E-state index contributed by atoms with van der Waals surface area (Å²) in [7, 11) is 0. The van der Waals surface area contributed by atoms with E-state index in [-0.39, 0.29) is 11.6 Å². The average Bonchev–Trinajstić information content (AvgIpc) is 2.91. The zero-order valence-corrected chi connectivity index (χ0v) is 9.81. The maximum Gasteiger partial charge on any atom is 0.228 e. The number of Topliss-reactive ketones (excluding diaryl/α,β-unsaturated/α-hetero) is 1. The minimum absolute atomic E-state index is 0.138. The molecule has 1 aromatic carbocycles. The highest BCUT2D eigenvalue weighted by atomic mass is 16.3. The summed E-state index contributed by atoms with van der Waals surface area (Å²) in [6.45, 7) is 0. The lowest BCUT2D eigenvalue weighted by molar-refractivity contribution is 0.0968. The molecule has 1 aliphatic rings. The zero-order chi connectivity index (χ0) is 12.5. The van der Waals surface area contributed by atoms with Crippen LogP contribution >= 0.6 is 0 Å². The Morgan fingerprint density at radius 3 is 2.83 bits per heavy atom. The summed E-state index contributed by atoms with van der Waals surface area (Å²) >= 11 is 0. The first-order valence-corrected chi connectivity index (χ1v) is 6.00. The molecule has 90 valence electrons. The van der Waals surface area contributed by atoms with E-state index < -0.39 is 0 Å². The number of carbonyl (C=O) groups is 2. The van der Waals surface area contributed by atoms with E-state index in [2.05, 4.69) is 0 Å². The number of benzene rings is 1. The maximum atomic E-state index is 12.1. The van der Waals surface area contributed by atoms with Gasteiger partial charge >= 0.3 is 0 Å². The minimum Gasteiger partial charge on any atom is -0.461 e. The fraction of sp³-hybridized carbons (Fsp3) is 0.200. The lowest BCUT2D eigenvalue weighted by atomic mass is 9.88. The third-order valence-corrected chi connectivity index (χ3v) is 3.26. The van der Waals surface area contributed by atoms with Gasteiger partial charge in [0.05, 0.1) is 6.26 Å². The Morgan fingerprint density at radius 2 is 2.06 bits per heavy atom. The number of fused-ring (bicyclic) bond motifs is 1. The molecule has 1 heterocycles. The van der Waals surface area contributed by atoms with Gasteiger partial charge in [0.25, 0.3) is 0 Å². The van der Waals surface area contributed by atoms with Gasteiger partial charge in [0, 0.05) is 17.5 Å². The second-order valence-electron chi connectivity index (χ2n) is 4.46. The molecule has 0 bridgehead atoms. The average molecular weight is 240 g/mol. The first kappa shape index (κ1) is 11.0. The molecule has 0 atom stereocenters. The van der Waals surface area contributed by atoms with Crippen LogP contribution in [0.25, 0.3) is 0 Å². The number of ketones is 2. The van der Waals surface area contributed by atoms with Gasteiger partial charge in [0.1, 0.15) is 0 Å². The van der Waals surface area contributed by atoms with Crippen molar-refractivity contribution in [3.05, 3.63) is 59.0 Å². The predicted octanol–water partition coefficient (Wildman–Crippen LogP) is 3.03. The highest BCUT2D eigenvalue weighted by Gasteiger charge is 2.19. The fourth-order valence-corrected chi connectivity index (χ4v) is 2.34. The van der Waals surface area contributed by atoms with Gasteiger partial charge in [-0.25, -0.2) is 0 Å². The molecule has 3 rings (SSSR count). The SMILES string of the molecule is O=C(c1ccc2c(c1)CCCC2=O)c1ccco1. The van der Waals surface area contributed by atoms with Crippen LogP contribution in [0.2, 0.25) is 0 Å². The largest absolute Gasteiger partial charge is 0.461 e. The molecule has 0 unspecified atom stereocenters. The minimum atomic E-state index is -0.138. The van der Waals surface area contributed by atoms with Crippen molar-refractivity contribution in [1.29, 1.82) is 0 Å². The molecule has 3 nitrogen and oxygen atoms in total. The van der Waals surface area contributed by atoms with E-state index in [0.717, 1.165) is 24.0 Å². The van der Waals surface area contributed by atoms with E-state index in [1.54, 1.807) is 24.3 Å². The summed E-state index contributed by atoms with van der Waals surface area (Å²) in [6, 6.07) is 8.61. The van der Waals surface area contributed by atoms with Crippen LogP contribution in [0, 0.1) is 0 Å². The van der Waals surface area contributed by atoms with Crippen LogP contribution in [0.3, 0.4) is 0 Å². The van der Waals surface area contributed by atoms with E-state index in [1.165, 1.54) is 6.26 Å². The van der Waals surface area contributed by atoms with Crippen molar-refractivity contribution in [2.45, 2.75) is 19.3 Å². The Morgan fingerprint density at radius 1 is 1.17 bits per heavy atom. The van der Waals surface area contributed by atoms with Gasteiger partial charge in [-0.2, -0.15) is 0 Å². The highest BCUT2D eigenvalue weighted by molar-refractivity contribution is 6.08. The Balaban J connectivity index is 2.00. The molecule has 0 amide bonds. The van der Waals surface area contributed by atoms with E-state index >= 15 is 0 Å². The summed E-state index contributed by atoms with van der Waals surface area (Å²) in [6.07, 6.45) is 3.82. The molecule has 0 saturated heterocycles. The fourth-order valence-electron chi connectivity index (χ4n) is 2.34. The second-order valence-corrected chi connectivity index (χ2v) is 4.46. The quantitative estimate of drug-likeness (QED) is 0.758. The van der Waals surface area contributed by atoms with E-state index in [4.69, 9.17) is 4.42 Å². The number of hydrogen-bond acceptors (Lipinski definition) is 3. The van der Waals surface area contributed by atoms with Crippen molar-refractivity contribution in [3.8, 4) is 0 Å². The third kappa shape index (κ3) is 1.78. The molecule has 0 radical (unpaired) electrons. The highest BCUT2D eigenvalue weighted by Crippen LogP contribution is 2.23. The molecular weight excluding hydrogens is 228 g/mol. The molecule has 2 aromatic rings. The normalized spacial score (nSPS) is 14.3. The second kappa shape index (κ2) is 4.26. The Labute approximate surface area is 104 Å². The summed E-state index contributed by atoms with van der Waals surface area (Å²) < 4.78 is 5.10. The lowest BCUT2D eigenvalue weighted by Crippen LogP contribution is -2.12. The van der Waals surface area contributed by atoms with Crippen molar-refractivity contribution in [2.24, 2.45) is 0 Å². The monoisotopic (exact) mass is 240 g/mol. The Kier molecular flexibility index (Phi) is 2.59. The number of furan rings is 1. The molecule has 0 fully saturated rings. The van der Waals surface area contributed by atoms with Gasteiger partial charge < -0.3 is 4.42 Å². The van der Waals surface area contributed by atoms with Crippen LogP contribution in [-0.2, 0) is 6.42 Å². The third-order valence-electron chi connectivity index (χ3n) is 3.26. The van der Waals surface area contributed by atoms with Crippen LogP contribution < -0.4 is 0 Å². The van der Waals surface area contributed by atoms with Gasteiger partial charge in [-0.15, -0.1) is 0 Å². The Bertz CT molecular complexity index is 609. The predicted molar refractivity (Wildman–Crippen MR) is 65.9 cm³/mol. The number of rotatable bonds is 2. The number of hydrogen-bond donors (Lipinski definition) is 0. The molecule has 0 aliphatic heterocycles. The van der Waals surface area contributed by atoms with Crippen molar-refractivity contribution in [2.75, 3.05) is 0 Å². The summed E-state index contributed by atoms with van der Waals surface area (Å²) in [5.41, 5.74) is 2.32. The topological polar surface area (TPSA) is 47.3 Å². The van der Waals surface area contributed by atoms with Crippen LogP contribution in [0.5, 0.6) is 0 Å². The van der Waals surface area contributed by atoms with Gasteiger partial charge in [-0.05, 0) is 36.6 Å². The smallest absolute Gasteiger partial charge is 0.228 e. The summed E-state index contributed by atoms with van der Waals surface area (Å²) in [5, 5.41) is 0. The molecule has 0 spiro atoms. The Hall–Kier alpha value is -2.16. The van der Waals surface area contributed by atoms with Gasteiger partial charge in [0.2, 0.25) is 5.78 Å². The molecule has 18 heavy (non-hydrogen) atoms. The standard InChI is InChI=1S/C15H12O3/c16-13-4-1-3-10-9-11(6-7-12(10)13)15(17)14-5-2-8-18-14/h2,5-9H,1,3-4H2. The summed E-state index contributed by atoms with van der Waals surface area (Å²) in [4.78, 5) is 23.8. The van der Waals surface area contributed by atoms with Gasteiger partial charge in [-0.3, -0.25) is 9.59 Å². The van der Waals surface area contributed by atoms with Gasteiger partial charge in [0.15, 0.2) is 11.5 Å². The van der Waals surface area contributed by atoms with Crippen molar-refractivity contribution >= 4 is 11.6 Å². The summed E-state index contributed by atoms with van der Waals surface area (Å²) in [5.74, 6) is 0.367. The van der Waals surface area contributed by atoms with Crippen molar-refractivity contribution in [1.82, 2.24) is 0 Å². The zero-order valence-electron chi connectivity index (χ0n) is 9.81. The van der Waals surface area contributed by atoms with E-state index in [0.29, 0.717) is 17.7 Å². The van der Waals surface area contributed by atoms with E-state index in [1.807, 2.05) is 6.07 Å². The molecule has 0 saturated carbocycles. The molecule has 1 aromatic heterocycles.